The highest BCUT2D eigenvalue weighted by Crippen LogP contribution is 2.13. The van der Waals surface area contributed by atoms with E-state index >= 15 is 0 Å². The van der Waals surface area contributed by atoms with Gasteiger partial charge in [-0.2, -0.15) is 0 Å². The van der Waals surface area contributed by atoms with Gasteiger partial charge in [0.15, 0.2) is 0 Å². The second-order valence-electron chi connectivity index (χ2n) is 6.03. The minimum atomic E-state index is 0.519. The van der Waals surface area contributed by atoms with Crippen molar-refractivity contribution in [2.75, 3.05) is 13.1 Å². The Morgan fingerprint density at radius 2 is 1.08 bits per heavy atom. The van der Waals surface area contributed by atoms with Gasteiger partial charge in [0, 0.05) is 11.1 Å². The Bertz CT molecular complexity index is 721. The summed E-state index contributed by atoms with van der Waals surface area (Å²) in [6.07, 6.45) is 0. The largest absolute Gasteiger partial charge is 0.383 e. The number of aliphatic imine (C=N–C) groups is 2. The Balaban J connectivity index is 2.05. The van der Waals surface area contributed by atoms with E-state index in [-0.39, 0.29) is 0 Å². The maximum Gasteiger partial charge on any atom is 0.125 e. The lowest BCUT2D eigenvalue weighted by molar-refractivity contribution is 0.969. The number of hydrogen-bond donors (Lipinski definition) is 2. The number of hydrogen-bond acceptors (Lipinski definition) is 2. The Hall–Kier alpha value is -2.62. The number of aryl methyl sites for hydroxylation is 2. The van der Waals surface area contributed by atoms with Crippen molar-refractivity contribution in [3.63, 3.8) is 0 Å². The van der Waals surface area contributed by atoms with Gasteiger partial charge in [0.1, 0.15) is 11.7 Å². The number of rotatable bonds is 5. The van der Waals surface area contributed by atoms with Gasteiger partial charge in [0.25, 0.3) is 0 Å². The molecule has 126 valence electrons. The van der Waals surface area contributed by atoms with Gasteiger partial charge in [0.05, 0.1) is 13.1 Å². The summed E-state index contributed by atoms with van der Waals surface area (Å²) in [6.45, 7) is 9.30. The van der Waals surface area contributed by atoms with Crippen molar-refractivity contribution in [2.45, 2.75) is 27.7 Å². The molecule has 0 aromatic heterocycles. The topological polar surface area (TPSA) is 76.8 Å². The summed E-state index contributed by atoms with van der Waals surface area (Å²) in [4.78, 5) is 8.87. The van der Waals surface area contributed by atoms with Crippen LogP contribution in [0.3, 0.4) is 0 Å². The second kappa shape index (κ2) is 7.77. The monoisotopic (exact) mass is 322 g/mol. The fraction of sp³-hybridized carbons (Fsp3) is 0.300. The van der Waals surface area contributed by atoms with Crippen LogP contribution in [0.5, 0.6) is 0 Å². The normalized spacial score (nSPS) is 12.5. The van der Waals surface area contributed by atoms with E-state index in [1.807, 2.05) is 24.3 Å². The van der Waals surface area contributed by atoms with Gasteiger partial charge in [-0.05, 0) is 49.9 Å². The van der Waals surface area contributed by atoms with Crippen LogP contribution < -0.4 is 11.5 Å². The molecule has 4 heteroatoms. The van der Waals surface area contributed by atoms with Crippen LogP contribution in [-0.2, 0) is 0 Å². The van der Waals surface area contributed by atoms with Crippen LogP contribution in [0.25, 0.3) is 0 Å². The van der Waals surface area contributed by atoms with Gasteiger partial charge in [-0.1, -0.05) is 36.4 Å². The molecular formula is C20H26N4. The van der Waals surface area contributed by atoms with Crippen LogP contribution in [0.1, 0.15) is 33.4 Å². The van der Waals surface area contributed by atoms with E-state index in [9.17, 15) is 0 Å². The third-order valence-corrected chi connectivity index (χ3v) is 4.43. The van der Waals surface area contributed by atoms with E-state index in [2.05, 4.69) is 49.8 Å². The first-order valence-electron chi connectivity index (χ1n) is 8.15. The summed E-state index contributed by atoms with van der Waals surface area (Å²) >= 11 is 0. The Morgan fingerprint density at radius 1 is 0.708 bits per heavy atom. The first kappa shape index (κ1) is 17.7. The molecule has 2 aromatic rings. The molecule has 0 saturated carbocycles. The number of nitrogens with two attached hydrogens (primary N) is 2. The van der Waals surface area contributed by atoms with Crippen molar-refractivity contribution in [2.24, 2.45) is 21.5 Å². The van der Waals surface area contributed by atoms with Gasteiger partial charge in [-0.3, -0.25) is 9.98 Å². The van der Waals surface area contributed by atoms with E-state index in [4.69, 9.17) is 11.5 Å². The standard InChI is InChI=1S/C20H26N4/c1-13-7-5-9-17(15(13)3)19(21)23-11-12-24-20(22)18-10-6-8-14(2)16(18)4/h5-10H,11-12H2,1-4H3,(H2,21,23)(H2,22,24). The molecule has 0 bridgehead atoms. The molecule has 0 heterocycles. The van der Waals surface area contributed by atoms with Crippen LogP contribution in [0.2, 0.25) is 0 Å². The molecule has 0 amide bonds. The summed E-state index contributed by atoms with van der Waals surface area (Å²) < 4.78 is 0. The van der Waals surface area contributed by atoms with Gasteiger partial charge >= 0.3 is 0 Å². The second-order valence-corrected chi connectivity index (χ2v) is 6.03. The van der Waals surface area contributed by atoms with E-state index in [0.29, 0.717) is 24.8 Å². The van der Waals surface area contributed by atoms with E-state index < -0.39 is 0 Å². The summed E-state index contributed by atoms with van der Waals surface area (Å²) in [7, 11) is 0. The van der Waals surface area contributed by atoms with Crippen LogP contribution in [0.15, 0.2) is 46.4 Å². The highest BCUT2D eigenvalue weighted by molar-refractivity contribution is 5.99. The molecule has 0 radical (unpaired) electrons. The molecule has 2 aromatic carbocycles. The quantitative estimate of drug-likeness (QED) is 0.504. The third kappa shape index (κ3) is 4.02. The number of benzene rings is 2. The molecule has 0 aliphatic carbocycles. The van der Waals surface area contributed by atoms with Gasteiger partial charge in [0.2, 0.25) is 0 Å². The molecule has 24 heavy (non-hydrogen) atoms. The summed E-state index contributed by atoms with van der Waals surface area (Å²) in [5.41, 5.74) is 18.9. The van der Waals surface area contributed by atoms with E-state index in [1.54, 1.807) is 0 Å². The summed E-state index contributed by atoms with van der Waals surface area (Å²) in [6, 6.07) is 12.1. The van der Waals surface area contributed by atoms with Crippen molar-refractivity contribution < 1.29 is 0 Å². The smallest absolute Gasteiger partial charge is 0.125 e. The van der Waals surface area contributed by atoms with Crippen molar-refractivity contribution in [1.82, 2.24) is 0 Å². The minimum Gasteiger partial charge on any atom is -0.383 e. The van der Waals surface area contributed by atoms with Crippen LogP contribution in [-0.4, -0.2) is 24.8 Å². The maximum absolute atomic E-state index is 6.11. The zero-order chi connectivity index (χ0) is 17.7. The van der Waals surface area contributed by atoms with Crippen molar-refractivity contribution in [3.05, 3.63) is 69.8 Å². The van der Waals surface area contributed by atoms with Crippen LogP contribution >= 0.6 is 0 Å². The van der Waals surface area contributed by atoms with Crippen LogP contribution in [0, 0.1) is 27.7 Å². The summed E-state index contributed by atoms with van der Waals surface area (Å²) in [5, 5.41) is 0. The molecule has 4 nitrogen and oxygen atoms in total. The average molecular weight is 322 g/mol. The fourth-order valence-corrected chi connectivity index (χ4v) is 2.57. The molecule has 0 spiro atoms. The third-order valence-electron chi connectivity index (χ3n) is 4.43. The van der Waals surface area contributed by atoms with E-state index in [0.717, 1.165) is 22.3 Å². The molecular weight excluding hydrogens is 296 g/mol. The van der Waals surface area contributed by atoms with Crippen LogP contribution in [0.4, 0.5) is 0 Å². The maximum atomic E-state index is 6.11. The zero-order valence-electron chi connectivity index (χ0n) is 14.9. The molecule has 0 fully saturated rings. The van der Waals surface area contributed by atoms with Gasteiger partial charge < -0.3 is 11.5 Å². The SMILES string of the molecule is Cc1cccc(C(N)=NCCN=C(N)c2cccc(C)c2C)c1C. The Labute approximate surface area is 144 Å². The lowest BCUT2D eigenvalue weighted by Gasteiger charge is -2.08. The molecule has 0 saturated heterocycles. The Kier molecular flexibility index (Phi) is 5.74. The zero-order valence-corrected chi connectivity index (χ0v) is 14.9. The molecule has 2 rings (SSSR count). The molecule has 0 unspecified atom stereocenters. The highest BCUT2D eigenvalue weighted by Gasteiger charge is 2.05. The highest BCUT2D eigenvalue weighted by atomic mass is 14.9. The van der Waals surface area contributed by atoms with Gasteiger partial charge in [-0.25, -0.2) is 0 Å². The predicted octanol–water partition coefficient (Wildman–Crippen LogP) is 3.03. The number of amidine groups is 2. The van der Waals surface area contributed by atoms with Crippen molar-refractivity contribution in [1.29, 1.82) is 0 Å². The molecule has 0 aliphatic rings. The lowest BCUT2D eigenvalue weighted by Crippen LogP contribution is -2.18. The molecule has 0 atom stereocenters. The molecule has 0 aliphatic heterocycles. The Morgan fingerprint density at radius 3 is 1.46 bits per heavy atom. The summed E-state index contributed by atoms with van der Waals surface area (Å²) in [5.74, 6) is 1.11. The first-order valence-corrected chi connectivity index (χ1v) is 8.15. The minimum absolute atomic E-state index is 0.519. The van der Waals surface area contributed by atoms with Gasteiger partial charge in [-0.15, -0.1) is 0 Å². The predicted molar refractivity (Wildman–Crippen MR) is 103 cm³/mol. The first-order chi connectivity index (χ1) is 11.4. The van der Waals surface area contributed by atoms with Crippen molar-refractivity contribution >= 4 is 11.7 Å². The fourth-order valence-electron chi connectivity index (χ4n) is 2.57. The molecule has 4 N–H and O–H groups in total. The lowest BCUT2D eigenvalue weighted by atomic mass is 10.0. The number of nitrogens with zero attached hydrogens (tertiary/aromatic N) is 2. The van der Waals surface area contributed by atoms with E-state index in [1.165, 1.54) is 11.1 Å². The van der Waals surface area contributed by atoms with Crippen molar-refractivity contribution in [3.8, 4) is 0 Å². The average Bonchev–Trinajstić information content (AvgIpc) is 2.56.